The van der Waals surface area contributed by atoms with Gasteiger partial charge in [-0.2, -0.15) is 0 Å². The minimum absolute atomic E-state index is 0.119. The fourth-order valence-electron chi connectivity index (χ4n) is 3.04. The molecule has 0 saturated heterocycles. The summed E-state index contributed by atoms with van der Waals surface area (Å²) < 4.78 is 1.84. The van der Waals surface area contributed by atoms with Gasteiger partial charge in [0.1, 0.15) is 6.54 Å². The molecule has 3 heterocycles. The second kappa shape index (κ2) is 8.67. The maximum atomic E-state index is 12.5. The molecule has 1 amide bonds. The number of imidazole rings is 1. The van der Waals surface area contributed by atoms with Crippen molar-refractivity contribution in [2.45, 2.75) is 13.1 Å². The van der Waals surface area contributed by atoms with Crippen LogP contribution in [0.25, 0.3) is 22.5 Å². The Labute approximate surface area is 173 Å². The second-order valence-corrected chi connectivity index (χ2v) is 6.85. The van der Waals surface area contributed by atoms with Gasteiger partial charge in [-0.15, -0.1) is 0 Å². The van der Waals surface area contributed by atoms with E-state index in [-0.39, 0.29) is 12.5 Å². The Balaban J connectivity index is 1.61. The van der Waals surface area contributed by atoms with Gasteiger partial charge < -0.3 is 9.88 Å². The summed E-state index contributed by atoms with van der Waals surface area (Å²) in [5.74, 6) is -0.119. The molecule has 7 heteroatoms. The quantitative estimate of drug-likeness (QED) is 0.528. The molecule has 1 N–H and O–H groups in total. The lowest BCUT2D eigenvalue weighted by Crippen LogP contribution is -2.27. The van der Waals surface area contributed by atoms with Gasteiger partial charge in [0.15, 0.2) is 0 Å². The van der Waals surface area contributed by atoms with E-state index in [0.29, 0.717) is 11.6 Å². The summed E-state index contributed by atoms with van der Waals surface area (Å²) in [6.07, 6.45) is 6.83. The number of aromatic nitrogens is 4. The molecule has 0 radical (unpaired) electrons. The van der Waals surface area contributed by atoms with Crippen molar-refractivity contribution in [2.75, 3.05) is 0 Å². The van der Waals surface area contributed by atoms with Crippen molar-refractivity contribution in [3.63, 3.8) is 0 Å². The maximum Gasteiger partial charge on any atom is 0.240 e. The fraction of sp³-hybridized carbons (Fsp3) is 0.0909. The highest BCUT2D eigenvalue weighted by Crippen LogP contribution is 2.31. The highest BCUT2D eigenvalue weighted by Gasteiger charge is 2.17. The largest absolute Gasteiger partial charge is 0.349 e. The normalized spacial score (nSPS) is 10.7. The first-order valence-corrected chi connectivity index (χ1v) is 9.46. The number of carbonyl (C=O) groups is 1. The van der Waals surface area contributed by atoms with E-state index in [1.165, 1.54) is 0 Å². The van der Waals surface area contributed by atoms with E-state index in [4.69, 9.17) is 11.6 Å². The zero-order chi connectivity index (χ0) is 20.1. The van der Waals surface area contributed by atoms with E-state index in [1.807, 2.05) is 59.2 Å². The highest BCUT2D eigenvalue weighted by atomic mass is 35.5. The van der Waals surface area contributed by atoms with Crippen LogP contribution in [0.2, 0.25) is 5.02 Å². The molecule has 4 aromatic rings. The molecule has 4 rings (SSSR count). The lowest BCUT2D eigenvalue weighted by Gasteiger charge is -2.11. The summed E-state index contributed by atoms with van der Waals surface area (Å²) >= 11 is 6.02. The van der Waals surface area contributed by atoms with Crippen LogP contribution < -0.4 is 5.32 Å². The molecule has 29 heavy (non-hydrogen) atoms. The number of pyridine rings is 2. The molecule has 144 valence electrons. The molecule has 0 aliphatic carbocycles. The molecule has 0 saturated carbocycles. The van der Waals surface area contributed by atoms with Crippen LogP contribution in [0.4, 0.5) is 0 Å². The van der Waals surface area contributed by atoms with Gasteiger partial charge in [0.2, 0.25) is 5.91 Å². The van der Waals surface area contributed by atoms with Crippen LogP contribution in [0, 0.1) is 0 Å². The minimum Gasteiger partial charge on any atom is -0.349 e. The lowest BCUT2D eigenvalue weighted by atomic mass is 10.1. The average Bonchev–Trinajstić information content (AvgIpc) is 3.17. The van der Waals surface area contributed by atoms with Crippen LogP contribution in [-0.4, -0.2) is 25.4 Å². The summed E-state index contributed by atoms with van der Waals surface area (Å²) in [4.78, 5) is 25.4. The first kappa shape index (κ1) is 18.8. The molecule has 0 bridgehead atoms. The standard InChI is InChI=1S/C22H18ClN5O/c23-18-6-4-16(5-7-18)21-22(17-8-11-24-12-9-17)28(15-27-21)14-20(29)26-13-19-3-1-2-10-25-19/h1-12,15H,13-14H2,(H,26,29). The SMILES string of the molecule is O=C(Cn1cnc(-c2ccc(Cl)cc2)c1-c1ccncc1)NCc1ccccn1. The number of carbonyl (C=O) groups excluding carboxylic acids is 1. The average molecular weight is 404 g/mol. The predicted octanol–water partition coefficient (Wildman–Crippen LogP) is 3.98. The van der Waals surface area contributed by atoms with E-state index >= 15 is 0 Å². The highest BCUT2D eigenvalue weighted by molar-refractivity contribution is 6.30. The molecule has 3 aromatic heterocycles. The lowest BCUT2D eigenvalue weighted by molar-refractivity contribution is -0.121. The second-order valence-electron chi connectivity index (χ2n) is 6.41. The molecule has 0 atom stereocenters. The third-order valence-corrected chi connectivity index (χ3v) is 4.67. The van der Waals surface area contributed by atoms with Crippen LogP contribution in [0.1, 0.15) is 5.69 Å². The van der Waals surface area contributed by atoms with Gasteiger partial charge >= 0.3 is 0 Å². The van der Waals surface area contributed by atoms with E-state index in [2.05, 4.69) is 20.3 Å². The number of nitrogens with zero attached hydrogens (tertiary/aromatic N) is 4. The van der Waals surface area contributed by atoms with Crippen molar-refractivity contribution in [3.05, 3.63) is 90.2 Å². The van der Waals surface area contributed by atoms with Crippen LogP contribution in [0.15, 0.2) is 79.5 Å². The van der Waals surface area contributed by atoms with Gasteiger partial charge in [-0.05, 0) is 36.4 Å². The molecule has 0 unspecified atom stereocenters. The molecule has 0 fully saturated rings. The van der Waals surface area contributed by atoms with Gasteiger partial charge in [0, 0.05) is 34.7 Å². The number of hydrogen-bond acceptors (Lipinski definition) is 4. The summed E-state index contributed by atoms with van der Waals surface area (Å²) in [7, 11) is 0. The van der Waals surface area contributed by atoms with Gasteiger partial charge in [0.25, 0.3) is 0 Å². The molecule has 6 nitrogen and oxygen atoms in total. The summed E-state index contributed by atoms with van der Waals surface area (Å²) in [6, 6.07) is 16.9. The Kier molecular flexibility index (Phi) is 5.63. The maximum absolute atomic E-state index is 12.5. The van der Waals surface area contributed by atoms with Crippen molar-refractivity contribution >= 4 is 17.5 Å². The van der Waals surface area contributed by atoms with E-state index in [0.717, 1.165) is 28.2 Å². The van der Waals surface area contributed by atoms with Crippen molar-refractivity contribution in [1.29, 1.82) is 0 Å². The van der Waals surface area contributed by atoms with Crippen molar-refractivity contribution in [3.8, 4) is 22.5 Å². The molecule has 1 aromatic carbocycles. The number of halogens is 1. The topological polar surface area (TPSA) is 72.7 Å². The first-order chi connectivity index (χ1) is 14.2. The molecular weight excluding hydrogens is 386 g/mol. The van der Waals surface area contributed by atoms with Crippen molar-refractivity contribution in [2.24, 2.45) is 0 Å². The van der Waals surface area contributed by atoms with Crippen molar-refractivity contribution in [1.82, 2.24) is 24.8 Å². The zero-order valence-electron chi connectivity index (χ0n) is 15.5. The predicted molar refractivity (Wildman–Crippen MR) is 112 cm³/mol. The minimum atomic E-state index is -0.119. The zero-order valence-corrected chi connectivity index (χ0v) is 16.3. The summed E-state index contributed by atoms with van der Waals surface area (Å²) in [6.45, 7) is 0.522. The van der Waals surface area contributed by atoms with Crippen LogP contribution in [-0.2, 0) is 17.9 Å². The van der Waals surface area contributed by atoms with Crippen molar-refractivity contribution < 1.29 is 4.79 Å². The molecule has 0 spiro atoms. The number of hydrogen-bond donors (Lipinski definition) is 1. The summed E-state index contributed by atoms with van der Waals surface area (Å²) in [5.41, 5.74) is 4.30. The smallest absolute Gasteiger partial charge is 0.240 e. The van der Waals surface area contributed by atoms with Crippen LogP contribution in [0.5, 0.6) is 0 Å². The third-order valence-electron chi connectivity index (χ3n) is 4.42. The Bertz CT molecular complexity index is 1100. The van der Waals surface area contributed by atoms with Gasteiger partial charge in [-0.3, -0.25) is 14.8 Å². The Morgan fingerprint density at radius 3 is 2.45 bits per heavy atom. The monoisotopic (exact) mass is 403 g/mol. The van der Waals surface area contributed by atoms with E-state index in [9.17, 15) is 4.79 Å². The van der Waals surface area contributed by atoms with Crippen LogP contribution in [0.3, 0.4) is 0 Å². The molecule has 0 aliphatic rings. The number of amides is 1. The Morgan fingerprint density at radius 1 is 0.931 bits per heavy atom. The number of nitrogens with one attached hydrogen (secondary N) is 1. The Hall–Kier alpha value is -3.51. The fourth-order valence-corrected chi connectivity index (χ4v) is 3.16. The Morgan fingerprint density at radius 2 is 1.72 bits per heavy atom. The first-order valence-electron chi connectivity index (χ1n) is 9.09. The van der Waals surface area contributed by atoms with Gasteiger partial charge in [-0.1, -0.05) is 29.8 Å². The number of benzene rings is 1. The van der Waals surface area contributed by atoms with Crippen LogP contribution >= 0.6 is 11.6 Å². The number of rotatable bonds is 6. The molecular formula is C22H18ClN5O. The van der Waals surface area contributed by atoms with Gasteiger partial charge in [-0.25, -0.2) is 4.98 Å². The van der Waals surface area contributed by atoms with Gasteiger partial charge in [0.05, 0.1) is 30.0 Å². The third kappa shape index (κ3) is 4.50. The van der Waals surface area contributed by atoms with E-state index < -0.39 is 0 Å². The summed E-state index contributed by atoms with van der Waals surface area (Å²) in [5, 5.41) is 3.56. The van der Waals surface area contributed by atoms with E-state index in [1.54, 1.807) is 24.9 Å². The molecule has 0 aliphatic heterocycles.